The second-order valence-electron chi connectivity index (χ2n) is 16.4. The van der Waals surface area contributed by atoms with Crippen molar-refractivity contribution < 1.29 is 32.4 Å². The van der Waals surface area contributed by atoms with Gasteiger partial charge in [0.1, 0.15) is 6.54 Å². The SMILES string of the molecule is Cc1nn(CC(=O)NC(C)(C)C)cc1-c1ccc(-c2cnc(C(=O)Nc3ccc(C(=O)N4CCN(C(=O)C5CC[N+](C)(C)CC5)CC4)c(Cl)c3)n2C)c(F)c1F. The van der Waals surface area contributed by atoms with E-state index >= 15 is 8.78 Å². The first-order valence-corrected chi connectivity index (χ1v) is 19.1. The fourth-order valence-electron chi connectivity index (χ4n) is 7.32. The lowest BCUT2D eigenvalue weighted by atomic mass is 9.94. The van der Waals surface area contributed by atoms with E-state index in [1.54, 1.807) is 17.9 Å². The number of amides is 4. The molecule has 4 heterocycles. The van der Waals surface area contributed by atoms with Crippen LogP contribution in [0.2, 0.25) is 5.02 Å². The molecule has 2 fully saturated rings. The van der Waals surface area contributed by atoms with E-state index in [2.05, 4.69) is 34.8 Å². The Morgan fingerprint density at radius 1 is 0.929 bits per heavy atom. The molecule has 2 aromatic heterocycles. The number of hydrogen-bond acceptors (Lipinski definition) is 6. The highest BCUT2D eigenvalue weighted by atomic mass is 35.5. The number of piperazine rings is 1. The van der Waals surface area contributed by atoms with Gasteiger partial charge in [0.15, 0.2) is 17.5 Å². The van der Waals surface area contributed by atoms with Gasteiger partial charge in [-0.15, -0.1) is 0 Å². The Morgan fingerprint density at radius 2 is 1.55 bits per heavy atom. The Morgan fingerprint density at radius 3 is 2.20 bits per heavy atom. The number of aryl methyl sites for hydroxylation is 1. The second-order valence-corrected chi connectivity index (χ2v) is 16.8. The molecule has 0 aliphatic carbocycles. The maximum absolute atomic E-state index is 15.7. The molecule has 0 unspecified atom stereocenters. The number of aromatic nitrogens is 4. The predicted molar refractivity (Wildman–Crippen MR) is 209 cm³/mol. The summed E-state index contributed by atoms with van der Waals surface area (Å²) in [4.78, 5) is 60.0. The predicted octanol–water partition coefficient (Wildman–Crippen LogP) is 5.13. The molecule has 56 heavy (non-hydrogen) atoms. The molecule has 6 rings (SSSR count). The summed E-state index contributed by atoms with van der Waals surface area (Å²) < 4.78 is 35.0. The van der Waals surface area contributed by atoms with E-state index in [4.69, 9.17) is 11.6 Å². The summed E-state index contributed by atoms with van der Waals surface area (Å²) in [5.74, 6) is -3.29. The van der Waals surface area contributed by atoms with Gasteiger partial charge in [-0.3, -0.25) is 23.9 Å². The average Bonchev–Trinajstić information content (AvgIpc) is 3.69. The van der Waals surface area contributed by atoms with Crippen LogP contribution in [-0.2, 0) is 23.2 Å². The molecule has 0 spiro atoms. The number of anilines is 1. The zero-order valence-electron chi connectivity index (χ0n) is 32.9. The molecule has 0 radical (unpaired) electrons. The van der Waals surface area contributed by atoms with Crippen molar-refractivity contribution in [1.82, 2.24) is 34.4 Å². The van der Waals surface area contributed by atoms with Crippen LogP contribution < -0.4 is 10.6 Å². The number of nitrogens with zero attached hydrogens (tertiary/aromatic N) is 7. The number of carbonyl (C=O) groups is 4. The lowest BCUT2D eigenvalue weighted by Crippen LogP contribution is -2.54. The summed E-state index contributed by atoms with van der Waals surface area (Å²) in [7, 11) is 5.88. The zero-order chi connectivity index (χ0) is 40.7. The van der Waals surface area contributed by atoms with Crippen LogP contribution in [0.5, 0.6) is 0 Å². The Kier molecular flexibility index (Phi) is 11.4. The Labute approximate surface area is 330 Å². The molecular formula is C40H49ClF2N9O4+. The molecule has 4 aromatic rings. The molecule has 2 aromatic carbocycles. The van der Waals surface area contributed by atoms with Crippen LogP contribution in [0.4, 0.5) is 14.5 Å². The molecule has 4 amide bonds. The lowest BCUT2D eigenvalue weighted by molar-refractivity contribution is -0.895. The molecule has 0 bridgehead atoms. The Balaban J connectivity index is 1.08. The minimum atomic E-state index is -1.14. The van der Waals surface area contributed by atoms with Crippen LogP contribution in [-0.4, -0.2) is 116 Å². The Hall–Kier alpha value is -5.15. The number of quaternary nitrogens is 1. The molecule has 2 aliphatic rings. The van der Waals surface area contributed by atoms with E-state index in [-0.39, 0.29) is 63.4 Å². The smallest absolute Gasteiger partial charge is 0.291 e. The monoisotopic (exact) mass is 792 g/mol. The van der Waals surface area contributed by atoms with Crippen molar-refractivity contribution in [3.05, 3.63) is 76.5 Å². The molecule has 13 nitrogen and oxygen atoms in total. The zero-order valence-corrected chi connectivity index (χ0v) is 33.6. The number of piperidine rings is 1. The van der Waals surface area contributed by atoms with Gasteiger partial charge in [0, 0.05) is 86.1 Å². The molecule has 16 heteroatoms. The number of imidazole rings is 1. The highest BCUT2D eigenvalue weighted by molar-refractivity contribution is 6.34. The number of halogens is 3. The minimum absolute atomic E-state index is 0.0269. The summed E-state index contributed by atoms with van der Waals surface area (Å²) in [5, 5.41) is 10.0. The lowest BCUT2D eigenvalue weighted by Gasteiger charge is -2.40. The third-order valence-electron chi connectivity index (χ3n) is 10.5. The van der Waals surface area contributed by atoms with Gasteiger partial charge in [-0.1, -0.05) is 17.7 Å². The number of carbonyl (C=O) groups excluding carboxylic acids is 4. The quantitative estimate of drug-likeness (QED) is 0.238. The summed E-state index contributed by atoms with van der Waals surface area (Å²) in [5.41, 5.74) is 0.914. The van der Waals surface area contributed by atoms with Crippen molar-refractivity contribution in [2.45, 2.75) is 52.6 Å². The van der Waals surface area contributed by atoms with Gasteiger partial charge in [0.25, 0.3) is 11.8 Å². The van der Waals surface area contributed by atoms with Gasteiger partial charge < -0.3 is 29.5 Å². The maximum Gasteiger partial charge on any atom is 0.291 e. The van der Waals surface area contributed by atoms with Crippen molar-refractivity contribution in [2.24, 2.45) is 13.0 Å². The van der Waals surface area contributed by atoms with Crippen LogP contribution >= 0.6 is 11.6 Å². The number of rotatable bonds is 8. The number of benzene rings is 2. The van der Waals surface area contributed by atoms with Gasteiger partial charge in [-0.25, -0.2) is 13.8 Å². The molecule has 0 saturated carbocycles. The second kappa shape index (κ2) is 15.8. The van der Waals surface area contributed by atoms with E-state index in [9.17, 15) is 19.2 Å². The van der Waals surface area contributed by atoms with Crippen LogP contribution in [0, 0.1) is 24.5 Å². The third kappa shape index (κ3) is 8.78. The number of likely N-dealkylation sites (tertiary alicyclic amines) is 1. The highest BCUT2D eigenvalue weighted by Crippen LogP contribution is 2.33. The van der Waals surface area contributed by atoms with Gasteiger partial charge >= 0.3 is 0 Å². The summed E-state index contributed by atoms with van der Waals surface area (Å²) in [6.07, 6.45) is 4.52. The van der Waals surface area contributed by atoms with E-state index in [0.29, 0.717) is 43.1 Å². The minimum Gasteiger partial charge on any atom is -0.350 e. The highest BCUT2D eigenvalue weighted by Gasteiger charge is 2.35. The largest absolute Gasteiger partial charge is 0.350 e. The average molecular weight is 793 g/mol. The summed E-state index contributed by atoms with van der Waals surface area (Å²) in [6, 6.07) is 7.38. The van der Waals surface area contributed by atoms with Crippen molar-refractivity contribution in [3.63, 3.8) is 0 Å². The van der Waals surface area contributed by atoms with Crippen LogP contribution in [0.15, 0.2) is 42.7 Å². The van der Waals surface area contributed by atoms with Crippen LogP contribution in [0.1, 0.15) is 60.3 Å². The fraction of sp³-hybridized carbons (Fsp3) is 0.450. The van der Waals surface area contributed by atoms with Crippen molar-refractivity contribution in [2.75, 3.05) is 58.7 Å². The Bertz CT molecular complexity index is 2170. The van der Waals surface area contributed by atoms with Gasteiger partial charge in [0.05, 0.1) is 55.4 Å². The van der Waals surface area contributed by atoms with Gasteiger partial charge in [-0.05, 0) is 52.0 Å². The van der Waals surface area contributed by atoms with Crippen LogP contribution in [0.3, 0.4) is 0 Å². The normalized spacial score (nSPS) is 16.2. The van der Waals surface area contributed by atoms with Crippen molar-refractivity contribution in [1.29, 1.82) is 0 Å². The summed E-state index contributed by atoms with van der Waals surface area (Å²) >= 11 is 6.55. The van der Waals surface area contributed by atoms with Crippen molar-refractivity contribution >= 4 is 40.9 Å². The van der Waals surface area contributed by atoms with E-state index in [1.165, 1.54) is 53.0 Å². The molecule has 2 aliphatic heterocycles. The number of hydrogen-bond donors (Lipinski definition) is 2. The van der Waals surface area contributed by atoms with E-state index in [1.807, 2.05) is 25.7 Å². The number of nitrogens with one attached hydrogen (secondary N) is 2. The maximum atomic E-state index is 15.7. The molecule has 2 N–H and O–H groups in total. The fourth-order valence-corrected chi connectivity index (χ4v) is 7.58. The summed E-state index contributed by atoms with van der Waals surface area (Å²) in [6.45, 7) is 10.8. The standard InChI is InChI=1S/C40H48ClF2N9O4/c1-24-30(22-51(47-24)23-33(53)46-40(2,3)4)27-10-11-29(35(43)34(27)42)32-21-44-36(48(32)5)37(54)45-26-8-9-28(31(41)20-26)39(56)50-16-14-49(15-17-50)38(55)25-12-18-52(6,7)19-13-25/h8-11,20-22,25H,12-19,23H2,1-7H3,(H-,45,46,53,54,56)/p+1. The third-order valence-corrected chi connectivity index (χ3v) is 10.8. The van der Waals surface area contributed by atoms with Crippen LogP contribution in [0.25, 0.3) is 22.4 Å². The van der Waals surface area contributed by atoms with E-state index in [0.717, 1.165) is 30.4 Å². The first kappa shape index (κ1) is 40.5. The first-order valence-electron chi connectivity index (χ1n) is 18.7. The van der Waals surface area contributed by atoms with Gasteiger partial charge in [0.2, 0.25) is 11.8 Å². The first-order chi connectivity index (χ1) is 26.3. The molecular weight excluding hydrogens is 744 g/mol. The van der Waals surface area contributed by atoms with Gasteiger partial charge in [-0.2, -0.15) is 5.10 Å². The topological polar surface area (TPSA) is 134 Å². The van der Waals surface area contributed by atoms with Crippen molar-refractivity contribution in [3.8, 4) is 22.4 Å². The van der Waals surface area contributed by atoms with E-state index < -0.39 is 23.1 Å². The molecule has 0 atom stereocenters. The molecule has 2 saturated heterocycles. The molecule has 298 valence electrons.